The highest BCUT2D eigenvalue weighted by atomic mass is 15.2. The molecular weight excluding hydrogens is 1830 g/mol. The Kier molecular flexibility index (Phi) is 17.9. The van der Waals surface area contributed by atoms with Crippen molar-refractivity contribution in [2.75, 3.05) is 0 Å². The topological polar surface area (TPSA) is 146 Å². The van der Waals surface area contributed by atoms with E-state index in [0.29, 0.717) is 86.2 Å². The second kappa shape index (κ2) is 37.0. The molecule has 0 aliphatic heterocycles. The molecule has 150 heavy (non-hydrogen) atoms. The summed E-state index contributed by atoms with van der Waals surface area (Å²) in [6, 6.07) is 140. The van der Waals surface area contributed by atoms with E-state index in [2.05, 4.69) is 240 Å². The van der Waals surface area contributed by atoms with Crippen molar-refractivity contribution >= 4 is 131 Å². The van der Waals surface area contributed by atoms with Gasteiger partial charge in [0, 0.05) is 115 Å². The largest absolute Gasteiger partial charge is 0.309 e. The van der Waals surface area contributed by atoms with Crippen molar-refractivity contribution in [2.24, 2.45) is 0 Å². The van der Waals surface area contributed by atoms with Gasteiger partial charge in [0.2, 0.25) is 17.8 Å². The van der Waals surface area contributed by atoms with Gasteiger partial charge in [-0.1, -0.05) is 430 Å². The van der Waals surface area contributed by atoms with E-state index in [1.54, 1.807) is 42.5 Å². The number of para-hydroxylation sites is 9. The minimum Gasteiger partial charge on any atom is -0.309 e. The van der Waals surface area contributed by atoms with E-state index in [-0.39, 0.29) is 77.1 Å². The maximum atomic E-state index is 8.82. The third kappa shape index (κ3) is 15.1. The summed E-state index contributed by atoms with van der Waals surface area (Å²) >= 11 is 0. The van der Waals surface area contributed by atoms with Crippen molar-refractivity contribution in [2.45, 2.75) is 0 Å². The lowest BCUT2D eigenvalue weighted by molar-refractivity contribution is 0.955. The van der Waals surface area contributed by atoms with E-state index in [1.807, 2.05) is 182 Å². The van der Waals surface area contributed by atoms with Crippen LogP contribution in [-0.4, -0.2) is 72.3 Å². The summed E-state index contributed by atoms with van der Waals surface area (Å²) in [4.78, 5) is 46.1. The summed E-state index contributed by atoms with van der Waals surface area (Å²) in [6.45, 7) is 0. The van der Waals surface area contributed by atoms with Crippen LogP contribution in [0.15, 0.2) is 527 Å². The number of aromatic nitrogens is 15. The molecule has 0 bridgehead atoms. The summed E-state index contributed by atoms with van der Waals surface area (Å²) < 4.78 is 139. The number of nitrogens with zero attached hydrogens (tertiary/aromatic N) is 15. The first-order valence-corrected chi connectivity index (χ1v) is 49.2. The average Bonchev–Trinajstić information content (AvgIpc) is 1.55. The van der Waals surface area contributed by atoms with Gasteiger partial charge in [0.05, 0.1) is 86.8 Å². The minimum atomic E-state index is -0.448. The molecule has 15 heteroatoms. The predicted octanol–water partition coefficient (Wildman–Crippen LogP) is 33.2. The van der Waals surface area contributed by atoms with Crippen molar-refractivity contribution in [3.8, 4) is 137 Å². The van der Waals surface area contributed by atoms with Gasteiger partial charge in [-0.2, -0.15) is 29.9 Å². The van der Waals surface area contributed by atoms with Gasteiger partial charge in [-0.25, -0.2) is 15.0 Å². The zero-order chi connectivity index (χ0) is 112. The number of benzene rings is 21. The molecule has 702 valence electrons. The van der Waals surface area contributed by atoms with Crippen LogP contribution in [0.25, 0.3) is 267 Å². The Morgan fingerprint density at radius 3 is 0.760 bits per heavy atom. The molecule has 0 aliphatic rings. The molecular formula is C135H87N15. The van der Waals surface area contributed by atoms with Gasteiger partial charge < -0.3 is 13.7 Å². The number of fused-ring (bicyclic) bond motifs is 21. The van der Waals surface area contributed by atoms with Crippen LogP contribution in [0.1, 0.15) is 20.6 Å². The Labute approximate surface area is 882 Å². The molecule has 0 fully saturated rings. The molecule has 0 radical (unpaired) electrons. The number of hydrogen-bond acceptors (Lipinski definition) is 9. The van der Waals surface area contributed by atoms with E-state index < -0.39 is 30.2 Å². The first kappa shape index (κ1) is 72.7. The maximum Gasteiger partial charge on any atom is 0.238 e. The van der Waals surface area contributed by atoms with Crippen molar-refractivity contribution in [3.05, 3.63) is 527 Å². The molecule has 15 nitrogen and oxygen atoms in total. The third-order valence-electron chi connectivity index (χ3n) is 27.8. The normalized spacial score (nSPS) is 13.0. The van der Waals surface area contributed by atoms with Gasteiger partial charge in [-0.15, -0.1) is 0 Å². The molecule has 30 rings (SSSR count). The fraction of sp³-hybridized carbons (Fsp3) is 0. The Balaban J connectivity index is 0.000000116. The second-order valence-electron chi connectivity index (χ2n) is 36.3. The molecule has 0 saturated heterocycles. The van der Waals surface area contributed by atoms with Crippen LogP contribution in [-0.2, 0) is 0 Å². The SMILES string of the molecule is [2H]c1c([2H])c([2H])c(-c2ccc(-c3nc(-c4ccccc4)nc(-n4c5ccccc5c5ccc6c(c7ccccc7n6-c6ccccc6)c54)n3)cc2)c([2H])c1[2H].[2H]c1c([2H])c([2H])c(-c2cccc(-c3nc(-c4ccccc4)nc(-n4c5ccccc5c5ccc6c(c7ccccc7n6-c6ccccc6)c54)n3)c2)c([2H])c1[2H].[2H]c1c([2H])c([2H])c(-c2ccccc2-c2nc(-c3ccccc3)nc(-n3c4ccccc4c4ccc5c(c6ccccc6n5-c5ccccc5)c43)n2)c([2H])c1[2H]. The van der Waals surface area contributed by atoms with Gasteiger partial charge in [-0.3, -0.25) is 13.7 Å². The summed E-state index contributed by atoms with van der Waals surface area (Å²) in [5.41, 5.74) is 21.2. The third-order valence-corrected chi connectivity index (χ3v) is 27.8. The first-order valence-electron chi connectivity index (χ1n) is 56.7. The predicted molar refractivity (Wildman–Crippen MR) is 614 cm³/mol. The molecule has 21 aromatic carbocycles. The summed E-state index contributed by atoms with van der Waals surface area (Å²) in [5.74, 6) is 3.77. The van der Waals surface area contributed by atoms with Crippen molar-refractivity contribution in [1.82, 2.24) is 72.3 Å². The maximum absolute atomic E-state index is 8.82. The molecule has 0 aliphatic carbocycles. The van der Waals surface area contributed by atoms with Crippen LogP contribution in [0, 0.1) is 0 Å². The van der Waals surface area contributed by atoms with Gasteiger partial charge in [0.1, 0.15) is 0 Å². The van der Waals surface area contributed by atoms with Crippen LogP contribution in [0.2, 0.25) is 0 Å². The fourth-order valence-electron chi connectivity index (χ4n) is 21.3. The Bertz CT molecular complexity index is 11400. The van der Waals surface area contributed by atoms with Gasteiger partial charge in [0.15, 0.2) is 34.9 Å². The van der Waals surface area contributed by atoms with E-state index >= 15 is 0 Å². The number of rotatable bonds is 15. The highest BCUT2D eigenvalue weighted by Gasteiger charge is 2.30. The average molecular weight is 1930 g/mol. The fourth-order valence-corrected chi connectivity index (χ4v) is 21.3. The van der Waals surface area contributed by atoms with Crippen LogP contribution in [0.3, 0.4) is 0 Å². The van der Waals surface area contributed by atoms with E-state index in [9.17, 15) is 0 Å². The molecule has 0 amide bonds. The highest BCUT2D eigenvalue weighted by Crippen LogP contribution is 2.48. The molecule has 9 heterocycles. The molecule has 30 aromatic rings. The lowest BCUT2D eigenvalue weighted by Crippen LogP contribution is -2.07. The zero-order valence-corrected chi connectivity index (χ0v) is 79.8. The lowest BCUT2D eigenvalue weighted by Gasteiger charge is -2.13. The monoisotopic (exact) mass is 1930 g/mol. The minimum absolute atomic E-state index is 0.0807. The van der Waals surface area contributed by atoms with Crippen LogP contribution in [0.4, 0.5) is 0 Å². The van der Waals surface area contributed by atoms with Crippen LogP contribution >= 0.6 is 0 Å². The van der Waals surface area contributed by atoms with Crippen molar-refractivity contribution < 1.29 is 20.6 Å². The highest BCUT2D eigenvalue weighted by molar-refractivity contribution is 6.29. The summed E-state index contributed by atoms with van der Waals surface area (Å²) in [6.07, 6.45) is 0. The molecule has 0 spiro atoms. The Morgan fingerprint density at radius 2 is 0.400 bits per heavy atom. The Hall–Kier alpha value is -20.6. The van der Waals surface area contributed by atoms with E-state index in [0.717, 1.165) is 165 Å². The molecule has 0 saturated carbocycles. The van der Waals surface area contributed by atoms with Gasteiger partial charge in [-0.05, 0) is 130 Å². The van der Waals surface area contributed by atoms with Crippen molar-refractivity contribution in [3.63, 3.8) is 0 Å². The van der Waals surface area contributed by atoms with Gasteiger partial charge in [0.25, 0.3) is 0 Å². The van der Waals surface area contributed by atoms with Crippen molar-refractivity contribution in [1.29, 1.82) is 0 Å². The van der Waals surface area contributed by atoms with Gasteiger partial charge >= 0.3 is 0 Å². The molecule has 0 N–H and O–H groups in total. The van der Waals surface area contributed by atoms with Crippen LogP contribution < -0.4 is 0 Å². The smallest absolute Gasteiger partial charge is 0.238 e. The Morgan fingerprint density at radius 1 is 0.147 bits per heavy atom. The molecule has 0 unspecified atom stereocenters. The van der Waals surface area contributed by atoms with E-state index in [4.69, 9.17) is 65.4 Å². The second-order valence-corrected chi connectivity index (χ2v) is 36.3. The van der Waals surface area contributed by atoms with Crippen LogP contribution in [0.5, 0.6) is 0 Å². The zero-order valence-electron chi connectivity index (χ0n) is 94.8. The summed E-state index contributed by atoms with van der Waals surface area (Å²) in [7, 11) is 0. The lowest BCUT2D eigenvalue weighted by atomic mass is 9.99. The standard InChI is InChI=1S/3C45H29N5/c1-4-15-30(16-5-1)32-19-14-20-33(29-32)44-46-43(31-17-6-2-7-18-31)47-45(48-44)50-38-25-12-10-23-35(38)36-27-28-40-41(42(36)50)37-24-11-13-26-39(37)49(40)34-21-8-3-9-22-34;1-4-14-30(15-5-1)31-24-26-33(27-25-31)44-46-43(32-16-6-2-7-17-32)47-45(48-44)50-38-22-12-10-20-35(38)36-28-29-40-41(42(36)50)37-21-11-13-23-39(37)49(40)34-18-8-3-9-19-34;1-4-16-30(17-5-1)33-22-10-11-24-36(33)44-46-43(31-18-6-2-7-19-31)47-45(48-44)50-38-26-14-12-23-34(38)35-28-29-40-41(42(35)50)37-25-13-15-27-39(37)49(40)32-20-8-3-9-21-32/h3*1-29H/i1D,4D,5D,15D,16D;1D,4D,5D,14D,15D;1D,4D,5D,16D,17D. The quantitative estimate of drug-likeness (QED) is 0.0979. The molecule has 9 aromatic heterocycles. The summed E-state index contributed by atoms with van der Waals surface area (Å²) in [5, 5.41) is 12.8. The first-order chi connectivity index (χ1) is 80.7. The number of hydrogen-bond donors (Lipinski definition) is 0. The molecule has 0 atom stereocenters. The van der Waals surface area contributed by atoms with E-state index in [1.165, 1.54) is 0 Å².